The highest BCUT2D eigenvalue weighted by Crippen LogP contribution is 2.31. The largest absolute Gasteiger partial charge is 0.454 e. The Morgan fingerprint density at radius 3 is 2.12 bits per heavy atom. The molecule has 4 aromatic rings. The fourth-order valence-electron chi connectivity index (χ4n) is 3.52. The molecule has 0 unspecified atom stereocenters. The number of hydrogen-bond donors (Lipinski definition) is 1. The number of aromatic nitrogens is 1. The average molecular weight is 468 g/mol. The number of alkyl halides is 2. The van der Waals surface area contributed by atoms with E-state index in [9.17, 15) is 23.2 Å². The fourth-order valence-corrected chi connectivity index (χ4v) is 4.12. The van der Waals surface area contributed by atoms with Crippen molar-refractivity contribution < 1.29 is 23.1 Å². The van der Waals surface area contributed by atoms with E-state index in [4.69, 9.17) is 4.74 Å². The quantitative estimate of drug-likeness (QED) is 0.243. The number of benzene rings is 3. The Morgan fingerprint density at radius 2 is 1.48 bits per heavy atom. The predicted molar refractivity (Wildman–Crippen MR) is 124 cm³/mol. The Labute approximate surface area is 191 Å². The van der Waals surface area contributed by atoms with Crippen LogP contribution >= 0.6 is 11.8 Å². The van der Waals surface area contributed by atoms with Crippen molar-refractivity contribution in [2.24, 2.45) is 0 Å². The van der Waals surface area contributed by atoms with Gasteiger partial charge in [-0.25, -0.2) is 0 Å². The number of thioether (sulfide) groups is 1. The van der Waals surface area contributed by atoms with Crippen LogP contribution in [0.15, 0.2) is 82.5 Å². The molecule has 0 aliphatic heterocycles. The number of anilines is 1. The van der Waals surface area contributed by atoms with Gasteiger partial charge in [-0.1, -0.05) is 48.2 Å². The van der Waals surface area contributed by atoms with Crippen LogP contribution in [0.4, 0.5) is 14.5 Å². The highest BCUT2D eigenvalue weighted by molar-refractivity contribution is 7.99. The van der Waals surface area contributed by atoms with Crippen LogP contribution in [0, 0.1) is 0 Å². The molecule has 6 nitrogen and oxygen atoms in total. The zero-order valence-corrected chi connectivity index (χ0v) is 18.0. The third kappa shape index (κ3) is 5.04. The topological polar surface area (TPSA) is 77.4 Å². The first-order valence-electron chi connectivity index (χ1n) is 9.93. The fraction of sp³-hybridized carbons (Fsp3) is 0.125. The molecule has 1 heterocycles. The van der Waals surface area contributed by atoms with Gasteiger partial charge >= 0.3 is 5.97 Å². The first kappa shape index (κ1) is 22.5. The van der Waals surface area contributed by atoms with E-state index < -0.39 is 24.2 Å². The van der Waals surface area contributed by atoms with E-state index in [1.807, 2.05) is 0 Å². The Kier molecular flexibility index (Phi) is 6.69. The Balaban J connectivity index is 1.49. The van der Waals surface area contributed by atoms with Crippen molar-refractivity contribution >= 4 is 51.1 Å². The van der Waals surface area contributed by atoms with Gasteiger partial charge in [0.05, 0.1) is 16.7 Å². The zero-order valence-electron chi connectivity index (χ0n) is 17.2. The number of para-hydroxylation sites is 3. The molecular formula is C24H18F2N2O4S. The zero-order chi connectivity index (χ0) is 23.4. The standard InChI is InChI=1S/C24H18F2N2O4S/c25-24(26)33-20-12-6-3-9-17(20)27-21(29)14-32-22(30)13-28-18-10-4-1-7-15(18)23(31)16-8-2-5-11-19(16)28/h1-12,24H,13-14H2,(H,27,29). The molecule has 0 aliphatic rings. The molecule has 0 spiro atoms. The molecule has 9 heteroatoms. The van der Waals surface area contributed by atoms with Crippen molar-refractivity contribution in [1.82, 2.24) is 4.57 Å². The van der Waals surface area contributed by atoms with Crippen molar-refractivity contribution in [3.05, 3.63) is 83.0 Å². The third-order valence-corrected chi connectivity index (χ3v) is 5.70. The Hall–Kier alpha value is -3.72. The molecule has 0 fully saturated rings. The van der Waals surface area contributed by atoms with Gasteiger partial charge in [0.1, 0.15) is 6.54 Å². The van der Waals surface area contributed by atoms with Gasteiger partial charge in [0.2, 0.25) is 0 Å². The molecule has 0 saturated heterocycles. The van der Waals surface area contributed by atoms with Crippen LogP contribution in [0.2, 0.25) is 0 Å². The van der Waals surface area contributed by atoms with Crippen molar-refractivity contribution in [2.45, 2.75) is 17.2 Å². The molecule has 1 amide bonds. The number of pyridine rings is 1. The number of carbonyl (C=O) groups excluding carboxylic acids is 2. The molecule has 1 N–H and O–H groups in total. The number of esters is 1. The Morgan fingerprint density at radius 1 is 0.909 bits per heavy atom. The van der Waals surface area contributed by atoms with Gasteiger partial charge < -0.3 is 14.6 Å². The average Bonchev–Trinajstić information content (AvgIpc) is 2.81. The molecular weight excluding hydrogens is 450 g/mol. The predicted octanol–water partition coefficient (Wildman–Crippen LogP) is 4.65. The number of nitrogens with one attached hydrogen (secondary N) is 1. The summed E-state index contributed by atoms with van der Waals surface area (Å²) in [6, 6.07) is 20.0. The maximum Gasteiger partial charge on any atom is 0.326 e. The van der Waals surface area contributed by atoms with Crippen molar-refractivity contribution in [3.63, 3.8) is 0 Å². The summed E-state index contributed by atoms with van der Waals surface area (Å²) in [4.78, 5) is 37.8. The molecule has 3 aromatic carbocycles. The lowest BCUT2D eigenvalue weighted by atomic mass is 10.1. The van der Waals surface area contributed by atoms with Crippen LogP contribution in [-0.4, -0.2) is 28.8 Å². The summed E-state index contributed by atoms with van der Waals surface area (Å²) in [5, 5.41) is 3.42. The number of hydrogen-bond acceptors (Lipinski definition) is 5. The summed E-state index contributed by atoms with van der Waals surface area (Å²) in [7, 11) is 0. The van der Waals surface area contributed by atoms with E-state index in [1.54, 1.807) is 65.2 Å². The lowest BCUT2D eigenvalue weighted by Gasteiger charge is -2.15. The summed E-state index contributed by atoms with van der Waals surface area (Å²) in [5.74, 6) is -3.97. The van der Waals surface area contributed by atoms with Gasteiger partial charge in [-0.2, -0.15) is 8.78 Å². The first-order valence-corrected chi connectivity index (χ1v) is 10.8. The second-order valence-electron chi connectivity index (χ2n) is 7.03. The SMILES string of the molecule is O=C(COC(=O)Cn1c2ccccc2c(=O)c2ccccc21)Nc1ccccc1SC(F)F. The highest BCUT2D eigenvalue weighted by Gasteiger charge is 2.16. The number of ether oxygens (including phenoxy) is 1. The van der Waals surface area contributed by atoms with E-state index >= 15 is 0 Å². The lowest BCUT2D eigenvalue weighted by Crippen LogP contribution is -2.24. The van der Waals surface area contributed by atoms with Crippen LogP contribution in [-0.2, 0) is 20.9 Å². The van der Waals surface area contributed by atoms with E-state index in [0.717, 1.165) is 0 Å². The summed E-state index contributed by atoms with van der Waals surface area (Å²) in [6.45, 7) is -0.797. The summed E-state index contributed by atoms with van der Waals surface area (Å²) >= 11 is 0.312. The smallest absolute Gasteiger partial charge is 0.326 e. The molecule has 168 valence electrons. The maximum atomic E-state index is 12.8. The molecule has 1 aromatic heterocycles. The van der Waals surface area contributed by atoms with Crippen molar-refractivity contribution in [2.75, 3.05) is 11.9 Å². The maximum absolute atomic E-state index is 12.8. The second kappa shape index (κ2) is 9.83. The first-order chi connectivity index (χ1) is 15.9. The van der Waals surface area contributed by atoms with Gasteiger partial charge in [-0.3, -0.25) is 14.4 Å². The van der Waals surface area contributed by atoms with Crippen molar-refractivity contribution in [3.8, 4) is 0 Å². The van der Waals surface area contributed by atoms with Crippen LogP contribution in [0.5, 0.6) is 0 Å². The molecule has 0 radical (unpaired) electrons. The van der Waals surface area contributed by atoms with Crippen LogP contribution in [0.25, 0.3) is 21.8 Å². The van der Waals surface area contributed by atoms with Gasteiger partial charge in [0.25, 0.3) is 11.7 Å². The summed E-state index contributed by atoms with van der Waals surface area (Å²) in [6.07, 6.45) is 0. The monoisotopic (exact) mass is 468 g/mol. The summed E-state index contributed by atoms with van der Waals surface area (Å²) < 4.78 is 32.2. The second-order valence-corrected chi connectivity index (χ2v) is 8.06. The number of carbonyl (C=O) groups is 2. The number of rotatable bonds is 7. The minimum absolute atomic E-state index is 0.134. The van der Waals surface area contributed by atoms with Crippen LogP contribution in [0.3, 0.4) is 0 Å². The molecule has 0 aliphatic carbocycles. The third-order valence-electron chi connectivity index (χ3n) is 4.91. The van der Waals surface area contributed by atoms with Gasteiger partial charge in [0, 0.05) is 15.7 Å². The number of amides is 1. The Bertz CT molecular complexity index is 1340. The molecule has 33 heavy (non-hydrogen) atoms. The molecule has 0 saturated carbocycles. The van der Waals surface area contributed by atoms with Gasteiger partial charge in [-0.15, -0.1) is 0 Å². The minimum Gasteiger partial charge on any atom is -0.454 e. The van der Waals surface area contributed by atoms with E-state index in [1.165, 1.54) is 12.1 Å². The highest BCUT2D eigenvalue weighted by atomic mass is 32.2. The molecule has 0 atom stereocenters. The normalized spacial score (nSPS) is 11.1. The lowest BCUT2D eigenvalue weighted by molar-refractivity contribution is -0.147. The van der Waals surface area contributed by atoms with Gasteiger partial charge in [0.15, 0.2) is 12.0 Å². The molecule has 0 bridgehead atoms. The number of halogens is 2. The van der Waals surface area contributed by atoms with Crippen molar-refractivity contribution in [1.29, 1.82) is 0 Å². The van der Waals surface area contributed by atoms with Crippen LogP contribution < -0.4 is 10.7 Å². The van der Waals surface area contributed by atoms with E-state index in [-0.39, 0.29) is 22.6 Å². The van der Waals surface area contributed by atoms with E-state index in [0.29, 0.717) is 33.6 Å². The molecule has 4 rings (SSSR count). The minimum atomic E-state index is -2.64. The van der Waals surface area contributed by atoms with Gasteiger partial charge in [-0.05, 0) is 36.4 Å². The number of fused-ring (bicyclic) bond motifs is 2. The van der Waals surface area contributed by atoms with E-state index in [2.05, 4.69) is 5.32 Å². The van der Waals surface area contributed by atoms with Crippen LogP contribution in [0.1, 0.15) is 0 Å². The summed E-state index contributed by atoms with van der Waals surface area (Å²) in [5.41, 5.74) is 1.22. The number of nitrogens with zero attached hydrogens (tertiary/aromatic N) is 1.